The molecule has 2 aliphatic rings. The van der Waals surface area contributed by atoms with Gasteiger partial charge in [-0.25, -0.2) is 0 Å². The Morgan fingerprint density at radius 2 is 2.25 bits per heavy atom. The van der Waals surface area contributed by atoms with Gasteiger partial charge in [0.25, 0.3) is 5.91 Å². The predicted molar refractivity (Wildman–Crippen MR) is 83.0 cm³/mol. The van der Waals surface area contributed by atoms with Gasteiger partial charge in [0.2, 0.25) is 0 Å². The summed E-state index contributed by atoms with van der Waals surface area (Å²) in [4.78, 5) is 14.8. The molecule has 0 bridgehead atoms. The zero-order valence-corrected chi connectivity index (χ0v) is 13.7. The SMILES string of the molecule is CC(C)n1cc(Br)cc1C(=O)N1CCC2(CCNC2)C1. The molecule has 2 saturated heterocycles. The number of hydrogen-bond acceptors (Lipinski definition) is 2. The van der Waals surface area contributed by atoms with Crippen LogP contribution in [0.1, 0.15) is 43.2 Å². The largest absolute Gasteiger partial charge is 0.340 e. The maximum atomic E-state index is 12.8. The highest BCUT2D eigenvalue weighted by Gasteiger charge is 2.42. The number of carbonyl (C=O) groups is 1. The Bertz CT molecular complexity index is 517. The number of carbonyl (C=O) groups excluding carboxylic acids is 1. The first kappa shape index (κ1) is 14.1. The first-order valence-electron chi connectivity index (χ1n) is 7.38. The molecular formula is C15H22BrN3O. The van der Waals surface area contributed by atoms with Crippen molar-refractivity contribution in [3.8, 4) is 0 Å². The molecule has 1 N–H and O–H groups in total. The Labute approximate surface area is 128 Å². The van der Waals surface area contributed by atoms with Crippen LogP contribution in [0.4, 0.5) is 0 Å². The molecule has 20 heavy (non-hydrogen) atoms. The zero-order valence-electron chi connectivity index (χ0n) is 12.2. The fourth-order valence-corrected chi connectivity index (χ4v) is 3.90. The van der Waals surface area contributed by atoms with Gasteiger partial charge >= 0.3 is 0 Å². The van der Waals surface area contributed by atoms with E-state index >= 15 is 0 Å². The minimum absolute atomic E-state index is 0.174. The topological polar surface area (TPSA) is 37.3 Å². The minimum atomic E-state index is 0.174. The number of aromatic nitrogens is 1. The van der Waals surface area contributed by atoms with E-state index in [0.717, 1.165) is 42.8 Å². The summed E-state index contributed by atoms with van der Waals surface area (Å²) in [6.45, 7) is 8.16. The monoisotopic (exact) mass is 339 g/mol. The summed E-state index contributed by atoms with van der Waals surface area (Å²) >= 11 is 3.49. The summed E-state index contributed by atoms with van der Waals surface area (Å²) in [7, 11) is 0. The van der Waals surface area contributed by atoms with Gasteiger partial charge in [-0.2, -0.15) is 0 Å². The third kappa shape index (κ3) is 2.42. The van der Waals surface area contributed by atoms with E-state index in [2.05, 4.69) is 39.7 Å². The van der Waals surface area contributed by atoms with E-state index in [0.29, 0.717) is 11.5 Å². The molecule has 0 aliphatic carbocycles. The van der Waals surface area contributed by atoms with Crippen LogP contribution in [0.15, 0.2) is 16.7 Å². The van der Waals surface area contributed by atoms with Crippen LogP contribution in [0.2, 0.25) is 0 Å². The number of nitrogens with zero attached hydrogens (tertiary/aromatic N) is 2. The Morgan fingerprint density at radius 1 is 1.45 bits per heavy atom. The molecule has 0 aromatic carbocycles. The summed E-state index contributed by atoms with van der Waals surface area (Å²) in [5.74, 6) is 0.174. The van der Waals surface area contributed by atoms with Crippen LogP contribution in [-0.2, 0) is 0 Å². The summed E-state index contributed by atoms with van der Waals surface area (Å²) in [6, 6.07) is 2.24. The van der Waals surface area contributed by atoms with Crippen LogP contribution in [-0.4, -0.2) is 41.6 Å². The molecule has 0 saturated carbocycles. The van der Waals surface area contributed by atoms with E-state index < -0.39 is 0 Å². The lowest BCUT2D eigenvalue weighted by Crippen LogP contribution is -2.34. The van der Waals surface area contributed by atoms with Crippen LogP contribution >= 0.6 is 15.9 Å². The second kappa shape index (κ2) is 5.19. The molecule has 1 aromatic heterocycles. The van der Waals surface area contributed by atoms with Crippen molar-refractivity contribution in [2.24, 2.45) is 5.41 Å². The molecule has 1 atom stereocenters. The molecule has 1 spiro atoms. The van der Waals surface area contributed by atoms with Crippen molar-refractivity contribution in [3.63, 3.8) is 0 Å². The first-order valence-corrected chi connectivity index (χ1v) is 8.17. The molecule has 1 unspecified atom stereocenters. The van der Waals surface area contributed by atoms with E-state index in [9.17, 15) is 4.79 Å². The zero-order chi connectivity index (χ0) is 14.3. The number of hydrogen-bond donors (Lipinski definition) is 1. The van der Waals surface area contributed by atoms with Gasteiger partial charge in [-0.1, -0.05) is 0 Å². The van der Waals surface area contributed by atoms with E-state index in [-0.39, 0.29) is 5.91 Å². The van der Waals surface area contributed by atoms with Gasteiger partial charge < -0.3 is 14.8 Å². The van der Waals surface area contributed by atoms with Gasteiger partial charge in [0.05, 0.1) is 0 Å². The summed E-state index contributed by atoms with van der Waals surface area (Å²) in [6.07, 6.45) is 4.34. The minimum Gasteiger partial charge on any atom is -0.340 e. The van der Waals surface area contributed by atoms with Crippen LogP contribution in [0, 0.1) is 5.41 Å². The highest BCUT2D eigenvalue weighted by atomic mass is 79.9. The molecule has 5 heteroatoms. The average molecular weight is 340 g/mol. The van der Waals surface area contributed by atoms with Crippen LogP contribution in [0.5, 0.6) is 0 Å². The molecule has 3 heterocycles. The number of rotatable bonds is 2. The molecule has 110 valence electrons. The maximum Gasteiger partial charge on any atom is 0.270 e. The molecular weight excluding hydrogens is 318 g/mol. The molecule has 2 aliphatic heterocycles. The van der Waals surface area contributed by atoms with Crippen LogP contribution in [0.25, 0.3) is 0 Å². The van der Waals surface area contributed by atoms with Gasteiger partial charge in [0.1, 0.15) is 5.69 Å². The Hall–Kier alpha value is -0.810. The second-order valence-electron chi connectivity index (χ2n) is 6.45. The Balaban J connectivity index is 1.80. The summed E-state index contributed by atoms with van der Waals surface area (Å²) in [5, 5.41) is 3.44. The third-order valence-corrected chi connectivity index (χ3v) is 5.08. The van der Waals surface area contributed by atoms with Gasteiger partial charge in [-0.3, -0.25) is 4.79 Å². The summed E-state index contributed by atoms with van der Waals surface area (Å²) in [5.41, 5.74) is 1.14. The van der Waals surface area contributed by atoms with Crippen molar-refractivity contribution in [2.75, 3.05) is 26.2 Å². The fourth-order valence-electron chi connectivity index (χ4n) is 3.46. The van der Waals surface area contributed by atoms with Crippen molar-refractivity contribution in [1.82, 2.24) is 14.8 Å². The quantitative estimate of drug-likeness (QED) is 0.899. The van der Waals surface area contributed by atoms with Crippen molar-refractivity contribution in [1.29, 1.82) is 0 Å². The van der Waals surface area contributed by atoms with Crippen molar-refractivity contribution in [3.05, 3.63) is 22.4 Å². The third-order valence-electron chi connectivity index (χ3n) is 4.65. The standard InChI is InChI=1S/C15H22BrN3O/c1-11(2)19-8-12(16)7-13(19)14(20)18-6-4-15(10-18)3-5-17-9-15/h7-8,11,17H,3-6,9-10H2,1-2H3. The van der Waals surface area contributed by atoms with E-state index in [1.54, 1.807) is 0 Å². The normalized spacial score (nSPS) is 26.1. The number of halogens is 1. The molecule has 1 aromatic rings. The average Bonchev–Trinajstić information content (AvgIpc) is 3.10. The molecule has 0 radical (unpaired) electrons. The molecule has 3 rings (SSSR count). The first-order chi connectivity index (χ1) is 9.51. The maximum absolute atomic E-state index is 12.8. The van der Waals surface area contributed by atoms with E-state index in [1.807, 2.05) is 17.2 Å². The highest BCUT2D eigenvalue weighted by molar-refractivity contribution is 9.10. The van der Waals surface area contributed by atoms with Crippen LogP contribution in [0.3, 0.4) is 0 Å². The lowest BCUT2D eigenvalue weighted by molar-refractivity contribution is 0.0763. The number of amides is 1. The molecule has 2 fully saturated rings. The molecule has 4 nitrogen and oxygen atoms in total. The van der Waals surface area contributed by atoms with Gasteiger partial charge in [0.15, 0.2) is 0 Å². The Kier molecular flexibility index (Phi) is 3.67. The van der Waals surface area contributed by atoms with E-state index in [4.69, 9.17) is 0 Å². The lowest BCUT2D eigenvalue weighted by Gasteiger charge is -2.23. The fraction of sp³-hybridized carbons (Fsp3) is 0.667. The Morgan fingerprint density at radius 3 is 2.90 bits per heavy atom. The number of nitrogens with one attached hydrogen (secondary N) is 1. The second-order valence-corrected chi connectivity index (χ2v) is 7.36. The smallest absolute Gasteiger partial charge is 0.270 e. The van der Waals surface area contributed by atoms with Crippen molar-refractivity contribution < 1.29 is 4.79 Å². The predicted octanol–water partition coefficient (Wildman–Crippen LogP) is 2.66. The van der Waals surface area contributed by atoms with Crippen LogP contribution < -0.4 is 5.32 Å². The highest BCUT2D eigenvalue weighted by Crippen LogP contribution is 2.36. The van der Waals surface area contributed by atoms with Gasteiger partial charge in [-0.05, 0) is 55.2 Å². The lowest BCUT2D eigenvalue weighted by atomic mass is 9.87. The van der Waals surface area contributed by atoms with E-state index in [1.165, 1.54) is 6.42 Å². The van der Waals surface area contributed by atoms with Gasteiger partial charge in [0, 0.05) is 41.8 Å². The summed E-state index contributed by atoms with van der Waals surface area (Å²) < 4.78 is 3.04. The van der Waals surface area contributed by atoms with Crippen molar-refractivity contribution >= 4 is 21.8 Å². The van der Waals surface area contributed by atoms with Gasteiger partial charge in [-0.15, -0.1) is 0 Å². The number of likely N-dealkylation sites (tertiary alicyclic amines) is 1. The van der Waals surface area contributed by atoms with Crippen molar-refractivity contribution in [2.45, 2.75) is 32.7 Å². The molecule has 1 amide bonds.